The van der Waals surface area contributed by atoms with Crippen LogP contribution in [-0.2, 0) is 9.59 Å². The second-order valence-electron chi connectivity index (χ2n) is 4.22. The summed E-state index contributed by atoms with van der Waals surface area (Å²) in [5.74, 6) is -0.161. The number of halogens is 1. The average molecular weight is 342 g/mol. The predicted molar refractivity (Wildman–Crippen MR) is 83.6 cm³/mol. The number of nitrogens with zero attached hydrogens (tertiary/aromatic N) is 1. The van der Waals surface area contributed by atoms with Crippen molar-refractivity contribution in [2.75, 3.05) is 31.5 Å². The van der Waals surface area contributed by atoms with Gasteiger partial charge in [0.25, 0.3) is 0 Å². The second kappa shape index (κ2) is 8.71. The van der Waals surface area contributed by atoms with E-state index in [1.807, 2.05) is 38.1 Å². The van der Waals surface area contributed by atoms with Gasteiger partial charge in [-0.1, -0.05) is 15.9 Å². The van der Waals surface area contributed by atoms with Crippen LogP contribution in [0, 0.1) is 0 Å². The fraction of sp³-hybridized carbons (Fsp3) is 0.429. The number of anilines is 1. The van der Waals surface area contributed by atoms with Crippen molar-refractivity contribution in [3.05, 3.63) is 28.7 Å². The number of nitrogens with one attached hydrogen (secondary N) is 2. The largest absolute Gasteiger partial charge is 0.342 e. The molecule has 2 amide bonds. The highest BCUT2D eigenvalue weighted by Gasteiger charge is 2.09. The number of hydrogen-bond acceptors (Lipinski definition) is 3. The second-order valence-corrected chi connectivity index (χ2v) is 5.14. The first kappa shape index (κ1) is 16.7. The van der Waals surface area contributed by atoms with Gasteiger partial charge in [-0.05, 0) is 38.1 Å². The Morgan fingerprint density at radius 1 is 1.10 bits per heavy atom. The van der Waals surface area contributed by atoms with Crippen LogP contribution in [0.1, 0.15) is 13.8 Å². The predicted octanol–water partition coefficient (Wildman–Crippen LogP) is 1.85. The molecule has 6 heteroatoms. The Kier molecular flexibility index (Phi) is 7.25. The maximum Gasteiger partial charge on any atom is 0.238 e. The molecule has 0 atom stereocenters. The molecule has 0 radical (unpaired) electrons. The zero-order chi connectivity index (χ0) is 15.0. The van der Waals surface area contributed by atoms with E-state index in [0.29, 0.717) is 13.1 Å². The van der Waals surface area contributed by atoms with Crippen molar-refractivity contribution in [2.45, 2.75) is 13.8 Å². The molecule has 0 spiro atoms. The third-order valence-electron chi connectivity index (χ3n) is 2.81. The lowest BCUT2D eigenvalue weighted by atomic mass is 10.3. The Morgan fingerprint density at radius 3 is 2.25 bits per heavy atom. The van der Waals surface area contributed by atoms with Gasteiger partial charge in [-0.15, -0.1) is 0 Å². The molecule has 1 aromatic carbocycles. The Bertz CT molecular complexity index is 444. The summed E-state index contributed by atoms with van der Waals surface area (Å²) in [6.45, 7) is 5.52. The fourth-order valence-corrected chi connectivity index (χ4v) is 1.97. The van der Waals surface area contributed by atoms with E-state index in [2.05, 4.69) is 26.6 Å². The van der Waals surface area contributed by atoms with Crippen LogP contribution in [0.25, 0.3) is 0 Å². The van der Waals surface area contributed by atoms with Crippen LogP contribution in [0.15, 0.2) is 28.7 Å². The molecule has 1 aromatic rings. The van der Waals surface area contributed by atoms with E-state index in [1.54, 1.807) is 4.90 Å². The first-order chi connectivity index (χ1) is 9.56. The number of carbonyl (C=O) groups is 2. The van der Waals surface area contributed by atoms with E-state index in [0.717, 1.165) is 10.2 Å². The van der Waals surface area contributed by atoms with Gasteiger partial charge in [0.05, 0.1) is 13.1 Å². The van der Waals surface area contributed by atoms with Crippen molar-refractivity contribution in [3.63, 3.8) is 0 Å². The topological polar surface area (TPSA) is 61.4 Å². The molecular formula is C14H20BrN3O2. The standard InChI is InChI=1S/C14H20BrN3O2/c1-3-18(4-2)14(20)10-16-9-13(19)17-12-7-5-11(15)6-8-12/h5-8,16H,3-4,9-10H2,1-2H3,(H,17,19). The number of rotatable bonds is 7. The molecule has 0 unspecified atom stereocenters. The molecular weight excluding hydrogens is 322 g/mol. The van der Waals surface area contributed by atoms with Crippen LogP contribution in [0.3, 0.4) is 0 Å². The summed E-state index contributed by atoms with van der Waals surface area (Å²) in [6, 6.07) is 7.33. The number of likely N-dealkylation sites (N-methyl/N-ethyl adjacent to an activating group) is 1. The monoisotopic (exact) mass is 341 g/mol. The number of amides is 2. The quantitative estimate of drug-likeness (QED) is 0.795. The Labute approximate surface area is 127 Å². The van der Waals surface area contributed by atoms with E-state index < -0.39 is 0 Å². The molecule has 5 nitrogen and oxygen atoms in total. The molecule has 0 fully saturated rings. The molecule has 0 saturated heterocycles. The van der Waals surface area contributed by atoms with Crippen LogP contribution < -0.4 is 10.6 Å². The number of benzene rings is 1. The SMILES string of the molecule is CCN(CC)C(=O)CNCC(=O)Nc1ccc(Br)cc1. The Hall–Kier alpha value is -1.40. The first-order valence-electron chi connectivity index (χ1n) is 6.60. The maximum atomic E-state index is 11.7. The highest BCUT2D eigenvalue weighted by atomic mass is 79.9. The zero-order valence-corrected chi connectivity index (χ0v) is 13.4. The van der Waals surface area contributed by atoms with Gasteiger partial charge in [-0.2, -0.15) is 0 Å². The molecule has 0 aromatic heterocycles. The van der Waals surface area contributed by atoms with Gasteiger partial charge in [-0.3, -0.25) is 14.9 Å². The van der Waals surface area contributed by atoms with Gasteiger partial charge in [-0.25, -0.2) is 0 Å². The minimum absolute atomic E-state index is 0.00596. The minimum atomic E-state index is -0.167. The lowest BCUT2D eigenvalue weighted by Gasteiger charge is -2.18. The number of carbonyl (C=O) groups excluding carboxylic acids is 2. The molecule has 0 bridgehead atoms. The molecule has 110 valence electrons. The van der Waals surface area contributed by atoms with Crippen LogP contribution in [0.4, 0.5) is 5.69 Å². The molecule has 0 aliphatic heterocycles. The lowest BCUT2D eigenvalue weighted by molar-refractivity contribution is -0.129. The molecule has 0 aliphatic carbocycles. The van der Waals surface area contributed by atoms with Gasteiger partial charge in [0.2, 0.25) is 11.8 Å². The summed E-state index contributed by atoms with van der Waals surface area (Å²) < 4.78 is 0.957. The van der Waals surface area contributed by atoms with E-state index >= 15 is 0 Å². The van der Waals surface area contributed by atoms with Gasteiger partial charge in [0.1, 0.15) is 0 Å². The maximum absolute atomic E-state index is 11.7. The minimum Gasteiger partial charge on any atom is -0.342 e. The van der Waals surface area contributed by atoms with E-state index in [9.17, 15) is 9.59 Å². The Balaban J connectivity index is 2.30. The van der Waals surface area contributed by atoms with Crippen LogP contribution >= 0.6 is 15.9 Å². The summed E-state index contributed by atoms with van der Waals surface area (Å²) in [5, 5.41) is 5.61. The van der Waals surface area contributed by atoms with E-state index in [4.69, 9.17) is 0 Å². The van der Waals surface area contributed by atoms with Gasteiger partial charge >= 0.3 is 0 Å². The lowest BCUT2D eigenvalue weighted by Crippen LogP contribution is -2.40. The number of hydrogen-bond donors (Lipinski definition) is 2. The van der Waals surface area contributed by atoms with Crippen molar-refractivity contribution in [1.29, 1.82) is 0 Å². The molecule has 2 N–H and O–H groups in total. The van der Waals surface area contributed by atoms with Crippen LogP contribution in [0.2, 0.25) is 0 Å². The van der Waals surface area contributed by atoms with Gasteiger partial charge < -0.3 is 10.2 Å². The van der Waals surface area contributed by atoms with Gasteiger partial charge in [0.15, 0.2) is 0 Å². The van der Waals surface area contributed by atoms with Crippen molar-refractivity contribution in [3.8, 4) is 0 Å². The highest BCUT2D eigenvalue weighted by Crippen LogP contribution is 2.13. The first-order valence-corrected chi connectivity index (χ1v) is 7.40. The molecule has 0 heterocycles. The normalized spacial score (nSPS) is 10.2. The molecule has 0 aliphatic rings. The fourth-order valence-electron chi connectivity index (χ4n) is 1.71. The molecule has 0 saturated carbocycles. The summed E-state index contributed by atoms with van der Waals surface area (Å²) in [5.41, 5.74) is 0.732. The Morgan fingerprint density at radius 2 is 1.70 bits per heavy atom. The smallest absolute Gasteiger partial charge is 0.238 e. The summed E-state index contributed by atoms with van der Waals surface area (Å²) >= 11 is 3.33. The third-order valence-corrected chi connectivity index (χ3v) is 3.33. The third kappa shape index (κ3) is 5.71. The summed E-state index contributed by atoms with van der Waals surface area (Å²) in [7, 11) is 0. The van der Waals surface area contributed by atoms with Crippen molar-refractivity contribution in [1.82, 2.24) is 10.2 Å². The molecule has 20 heavy (non-hydrogen) atoms. The summed E-state index contributed by atoms with van der Waals surface area (Å²) in [4.78, 5) is 25.1. The van der Waals surface area contributed by atoms with Crippen molar-refractivity contribution >= 4 is 33.4 Å². The van der Waals surface area contributed by atoms with Crippen molar-refractivity contribution < 1.29 is 9.59 Å². The zero-order valence-electron chi connectivity index (χ0n) is 11.8. The van der Waals surface area contributed by atoms with Gasteiger partial charge in [0, 0.05) is 23.2 Å². The summed E-state index contributed by atoms with van der Waals surface area (Å²) in [6.07, 6.45) is 0. The van der Waals surface area contributed by atoms with Crippen LogP contribution in [0.5, 0.6) is 0 Å². The molecule has 1 rings (SSSR count). The average Bonchev–Trinajstić information content (AvgIpc) is 2.43. The highest BCUT2D eigenvalue weighted by molar-refractivity contribution is 9.10. The van der Waals surface area contributed by atoms with E-state index in [1.165, 1.54) is 0 Å². The van der Waals surface area contributed by atoms with Crippen LogP contribution in [-0.4, -0.2) is 42.9 Å². The van der Waals surface area contributed by atoms with Crippen molar-refractivity contribution in [2.24, 2.45) is 0 Å². The van der Waals surface area contributed by atoms with E-state index in [-0.39, 0.29) is 24.9 Å².